The summed E-state index contributed by atoms with van der Waals surface area (Å²) in [6.45, 7) is 3.41. The van der Waals surface area contributed by atoms with E-state index in [1.165, 1.54) is 0 Å². The van der Waals surface area contributed by atoms with Crippen LogP contribution in [0.3, 0.4) is 0 Å². The van der Waals surface area contributed by atoms with Crippen LogP contribution in [0.15, 0.2) is 5.11 Å². The highest BCUT2D eigenvalue weighted by Crippen LogP contribution is 1.78. The maximum atomic E-state index is 10.8. The van der Waals surface area contributed by atoms with E-state index < -0.39 is 0 Å². The summed E-state index contributed by atoms with van der Waals surface area (Å²) in [5.41, 5.74) is 7.92. The van der Waals surface area contributed by atoms with Crippen molar-refractivity contribution in [2.75, 3.05) is 19.6 Å². The van der Waals surface area contributed by atoms with Crippen LogP contribution in [0.4, 0.5) is 4.79 Å². The fourth-order valence-electron chi connectivity index (χ4n) is 0.619. The second-order valence-corrected chi connectivity index (χ2v) is 2.09. The normalized spacial score (nSPS) is 8.42. The molecular formula is C6H13N5O. The molecule has 0 aromatic rings. The third kappa shape index (κ3) is 6.70. The van der Waals surface area contributed by atoms with Gasteiger partial charge in [-0.2, -0.15) is 0 Å². The number of azide groups is 1. The van der Waals surface area contributed by atoms with Crippen molar-refractivity contribution in [1.29, 1.82) is 0 Å². The van der Waals surface area contributed by atoms with Gasteiger partial charge in [0.05, 0.1) is 0 Å². The van der Waals surface area contributed by atoms with E-state index in [4.69, 9.17) is 5.53 Å². The van der Waals surface area contributed by atoms with Gasteiger partial charge in [0.2, 0.25) is 0 Å². The van der Waals surface area contributed by atoms with Crippen molar-refractivity contribution in [3.63, 3.8) is 0 Å². The molecule has 0 aliphatic rings. The van der Waals surface area contributed by atoms with Crippen LogP contribution in [0.5, 0.6) is 0 Å². The average Bonchev–Trinajstić information content (AvgIpc) is 2.05. The minimum atomic E-state index is -0.182. The molecule has 0 saturated heterocycles. The third-order valence-corrected chi connectivity index (χ3v) is 1.12. The average molecular weight is 171 g/mol. The Bertz CT molecular complexity index is 175. The van der Waals surface area contributed by atoms with Crippen LogP contribution in [-0.4, -0.2) is 25.7 Å². The molecule has 2 N–H and O–H groups in total. The van der Waals surface area contributed by atoms with Crippen LogP contribution in [0.25, 0.3) is 10.4 Å². The Morgan fingerprint density at radius 1 is 1.58 bits per heavy atom. The summed E-state index contributed by atoms with van der Waals surface area (Å²) in [6, 6.07) is -0.182. The van der Waals surface area contributed by atoms with Gasteiger partial charge in [-0.05, 0) is 18.9 Å². The first-order chi connectivity index (χ1) is 5.81. The lowest BCUT2D eigenvalue weighted by Crippen LogP contribution is -2.35. The Labute approximate surface area is 71.0 Å². The molecule has 0 heterocycles. The van der Waals surface area contributed by atoms with Crippen molar-refractivity contribution in [2.24, 2.45) is 5.11 Å². The van der Waals surface area contributed by atoms with E-state index in [1.54, 1.807) is 0 Å². The Morgan fingerprint density at radius 2 is 2.33 bits per heavy atom. The number of nitrogens with zero attached hydrogens (tertiary/aromatic N) is 3. The van der Waals surface area contributed by atoms with E-state index >= 15 is 0 Å². The van der Waals surface area contributed by atoms with E-state index in [-0.39, 0.29) is 6.03 Å². The summed E-state index contributed by atoms with van der Waals surface area (Å²) < 4.78 is 0. The van der Waals surface area contributed by atoms with Crippen LogP contribution in [0.2, 0.25) is 0 Å². The summed E-state index contributed by atoms with van der Waals surface area (Å²) in [5, 5.41) is 8.52. The number of carbonyl (C=O) groups excluding carboxylic acids is 1. The van der Waals surface area contributed by atoms with Gasteiger partial charge in [0.15, 0.2) is 0 Å². The number of rotatable bonds is 5. The first-order valence-electron chi connectivity index (χ1n) is 3.83. The van der Waals surface area contributed by atoms with Crippen molar-refractivity contribution in [2.45, 2.75) is 13.3 Å². The van der Waals surface area contributed by atoms with Gasteiger partial charge in [-0.3, -0.25) is 0 Å². The molecule has 2 amide bonds. The molecule has 12 heavy (non-hydrogen) atoms. The van der Waals surface area contributed by atoms with E-state index in [2.05, 4.69) is 20.7 Å². The monoisotopic (exact) mass is 171 g/mol. The van der Waals surface area contributed by atoms with Crippen LogP contribution < -0.4 is 10.6 Å². The summed E-state index contributed by atoms with van der Waals surface area (Å²) in [5.74, 6) is 0. The van der Waals surface area contributed by atoms with Crippen molar-refractivity contribution >= 4 is 6.03 Å². The van der Waals surface area contributed by atoms with Crippen molar-refractivity contribution in [3.05, 3.63) is 10.4 Å². The van der Waals surface area contributed by atoms with Gasteiger partial charge < -0.3 is 10.6 Å². The Hall–Kier alpha value is -1.42. The van der Waals surface area contributed by atoms with Crippen LogP contribution in [-0.2, 0) is 0 Å². The van der Waals surface area contributed by atoms with Crippen molar-refractivity contribution in [3.8, 4) is 0 Å². The summed E-state index contributed by atoms with van der Waals surface area (Å²) >= 11 is 0. The predicted octanol–water partition coefficient (Wildman–Crippen LogP) is 1.01. The molecule has 0 rings (SSSR count). The van der Waals surface area contributed by atoms with Gasteiger partial charge in [0.25, 0.3) is 0 Å². The number of hydrogen-bond donors (Lipinski definition) is 2. The molecule has 0 bridgehead atoms. The number of carbonyl (C=O) groups is 1. The fourth-order valence-corrected chi connectivity index (χ4v) is 0.619. The van der Waals surface area contributed by atoms with Crippen LogP contribution in [0, 0.1) is 0 Å². The molecule has 0 spiro atoms. The Morgan fingerprint density at radius 3 is 2.92 bits per heavy atom. The molecule has 0 aromatic carbocycles. The van der Waals surface area contributed by atoms with Gasteiger partial charge in [-0.25, -0.2) is 4.79 Å². The van der Waals surface area contributed by atoms with E-state index in [1.807, 2.05) is 6.92 Å². The topological polar surface area (TPSA) is 89.9 Å². The van der Waals surface area contributed by atoms with Crippen LogP contribution in [0.1, 0.15) is 13.3 Å². The minimum absolute atomic E-state index is 0.182. The number of urea groups is 1. The van der Waals surface area contributed by atoms with E-state index in [0.29, 0.717) is 26.1 Å². The fraction of sp³-hybridized carbons (Fsp3) is 0.833. The highest BCUT2D eigenvalue weighted by molar-refractivity contribution is 5.73. The lowest BCUT2D eigenvalue weighted by molar-refractivity contribution is 0.241. The van der Waals surface area contributed by atoms with Gasteiger partial charge in [-0.1, -0.05) is 5.11 Å². The summed E-state index contributed by atoms with van der Waals surface area (Å²) in [4.78, 5) is 13.3. The molecular weight excluding hydrogens is 158 g/mol. The number of nitrogens with one attached hydrogen (secondary N) is 2. The Balaban J connectivity index is 3.19. The van der Waals surface area contributed by atoms with Crippen molar-refractivity contribution < 1.29 is 4.79 Å². The van der Waals surface area contributed by atoms with E-state index in [9.17, 15) is 4.79 Å². The number of amides is 2. The smallest absolute Gasteiger partial charge is 0.314 e. The SMILES string of the molecule is CCNC(=O)NCCCN=[N+]=[N-]. The molecule has 68 valence electrons. The first-order valence-corrected chi connectivity index (χ1v) is 3.83. The molecule has 0 aliphatic carbocycles. The highest BCUT2D eigenvalue weighted by Gasteiger charge is 1.94. The molecule has 6 heteroatoms. The van der Waals surface area contributed by atoms with Crippen molar-refractivity contribution in [1.82, 2.24) is 10.6 Å². The maximum absolute atomic E-state index is 10.8. The van der Waals surface area contributed by atoms with Crippen LogP contribution >= 0.6 is 0 Å². The first kappa shape index (κ1) is 10.6. The standard InChI is InChI=1S/C6H13N5O/c1-2-8-6(12)9-4-3-5-10-11-7/h2-5H2,1H3,(H2,8,9,12). The van der Waals surface area contributed by atoms with Gasteiger partial charge in [-0.15, -0.1) is 0 Å². The summed E-state index contributed by atoms with van der Waals surface area (Å²) in [6.07, 6.45) is 0.668. The van der Waals surface area contributed by atoms with Gasteiger partial charge in [0, 0.05) is 24.5 Å². The third-order valence-electron chi connectivity index (χ3n) is 1.12. The summed E-state index contributed by atoms with van der Waals surface area (Å²) in [7, 11) is 0. The maximum Gasteiger partial charge on any atom is 0.314 e. The molecule has 0 unspecified atom stereocenters. The molecule has 0 aliphatic heterocycles. The zero-order chi connectivity index (χ0) is 9.23. The molecule has 0 radical (unpaired) electrons. The molecule has 0 aromatic heterocycles. The Kier molecular flexibility index (Phi) is 6.78. The van der Waals surface area contributed by atoms with Gasteiger partial charge in [0.1, 0.15) is 0 Å². The zero-order valence-electron chi connectivity index (χ0n) is 7.08. The molecule has 6 nitrogen and oxygen atoms in total. The largest absolute Gasteiger partial charge is 0.338 e. The quantitative estimate of drug-likeness (QED) is 0.275. The lowest BCUT2D eigenvalue weighted by atomic mass is 10.4. The second kappa shape index (κ2) is 7.68. The highest BCUT2D eigenvalue weighted by atomic mass is 16.2. The predicted molar refractivity (Wildman–Crippen MR) is 45.7 cm³/mol. The number of hydrogen-bond acceptors (Lipinski definition) is 2. The molecule has 0 fully saturated rings. The second-order valence-electron chi connectivity index (χ2n) is 2.09. The lowest BCUT2D eigenvalue weighted by Gasteiger charge is -2.03. The zero-order valence-corrected chi connectivity index (χ0v) is 7.08. The molecule has 0 saturated carbocycles. The van der Waals surface area contributed by atoms with Gasteiger partial charge >= 0.3 is 6.03 Å². The molecule has 0 atom stereocenters. The minimum Gasteiger partial charge on any atom is -0.338 e. The van der Waals surface area contributed by atoms with E-state index in [0.717, 1.165) is 0 Å².